The highest BCUT2D eigenvalue weighted by Crippen LogP contribution is 2.36. The van der Waals surface area contributed by atoms with E-state index in [0.29, 0.717) is 24.2 Å². The Morgan fingerprint density at radius 3 is 2.59 bits per heavy atom. The number of carbonyl (C=O) groups is 1. The van der Waals surface area contributed by atoms with E-state index in [-0.39, 0.29) is 5.78 Å². The molecule has 154 valence electrons. The van der Waals surface area contributed by atoms with Gasteiger partial charge in [-0.2, -0.15) is 0 Å². The number of likely N-dealkylation sites (tertiary alicyclic amines) is 1. The van der Waals surface area contributed by atoms with Gasteiger partial charge in [0.1, 0.15) is 5.75 Å². The number of rotatable bonds is 7. The molecule has 0 saturated carbocycles. The quantitative estimate of drug-likeness (QED) is 0.535. The van der Waals surface area contributed by atoms with Crippen LogP contribution < -0.4 is 4.74 Å². The van der Waals surface area contributed by atoms with E-state index >= 15 is 0 Å². The van der Waals surface area contributed by atoms with Crippen molar-refractivity contribution < 1.29 is 9.53 Å². The number of carbonyl (C=O) groups excluding carboxylic acids is 1. The molecular weight excluding hydrogens is 358 g/mol. The van der Waals surface area contributed by atoms with E-state index < -0.39 is 0 Å². The van der Waals surface area contributed by atoms with Gasteiger partial charge in [0.05, 0.1) is 7.11 Å². The van der Waals surface area contributed by atoms with E-state index in [2.05, 4.69) is 24.8 Å². The Morgan fingerprint density at radius 2 is 1.90 bits per heavy atom. The fraction of sp³-hybridized carbons (Fsp3) is 0.500. The minimum Gasteiger partial charge on any atom is -0.497 e. The van der Waals surface area contributed by atoms with Crippen LogP contribution in [-0.4, -0.2) is 30.9 Å². The van der Waals surface area contributed by atoms with Crippen LogP contribution in [0.1, 0.15) is 56.3 Å². The lowest BCUT2D eigenvalue weighted by molar-refractivity contribution is 0.0830. The lowest BCUT2D eigenvalue weighted by Crippen LogP contribution is -2.42. The number of hydrogen-bond acceptors (Lipinski definition) is 3. The Hall–Kier alpha value is -2.29. The molecule has 0 N–H and O–H groups in total. The minimum absolute atomic E-state index is 0.283. The lowest BCUT2D eigenvalue weighted by Gasteiger charge is -2.43. The van der Waals surface area contributed by atoms with Gasteiger partial charge >= 0.3 is 0 Å². The molecule has 1 aliphatic heterocycles. The standard InChI is InChI=1S/C26H33NO2/c1-18(2)13-21-11-12-27(24-5-4-6-24)17-23(21)16-26(28)22-8-7-20-15-25(29-3)10-9-19(20)14-22/h5,7-10,14-15,18,21,23H,4,6,11-13,16-17H2,1-3H3/t21-,23-/m0/s1. The molecule has 2 atom stereocenters. The summed E-state index contributed by atoms with van der Waals surface area (Å²) < 4.78 is 5.31. The van der Waals surface area contributed by atoms with Crippen LogP contribution in [0.5, 0.6) is 5.75 Å². The summed E-state index contributed by atoms with van der Waals surface area (Å²) in [5.41, 5.74) is 2.34. The maximum absolute atomic E-state index is 13.2. The monoisotopic (exact) mass is 391 g/mol. The molecule has 0 radical (unpaired) electrons. The van der Waals surface area contributed by atoms with Crippen LogP contribution in [0.15, 0.2) is 48.2 Å². The third-order valence-corrected chi connectivity index (χ3v) is 6.67. The summed E-state index contributed by atoms with van der Waals surface area (Å²) in [7, 11) is 1.68. The second-order valence-electron chi connectivity index (χ2n) is 9.17. The summed E-state index contributed by atoms with van der Waals surface area (Å²) >= 11 is 0. The van der Waals surface area contributed by atoms with Crippen molar-refractivity contribution in [2.45, 2.75) is 46.0 Å². The van der Waals surface area contributed by atoms with Crippen LogP contribution in [0.25, 0.3) is 10.8 Å². The van der Waals surface area contributed by atoms with Crippen molar-refractivity contribution in [1.29, 1.82) is 0 Å². The van der Waals surface area contributed by atoms with Gasteiger partial charge in [-0.05, 0) is 72.4 Å². The zero-order valence-corrected chi connectivity index (χ0v) is 18.0. The van der Waals surface area contributed by atoms with Gasteiger partial charge in [-0.25, -0.2) is 0 Å². The molecule has 0 bridgehead atoms. The summed E-state index contributed by atoms with van der Waals surface area (Å²) in [5.74, 6) is 2.92. The average molecular weight is 392 g/mol. The molecular formula is C26H33NO2. The van der Waals surface area contributed by atoms with Gasteiger partial charge in [0.15, 0.2) is 5.78 Å². The van der Waals surface area contributed by atoms with E-state index in [1.54, 1.807) is 7.11 Å². The highest BCUT2D eigenvalue weighted by atomic mass is 16.5. The Morgan fingerprint density at radius 1 is 1.14 bits per heavy atom. The van der Waals surface area contributed by atoms with Crippen molar-refractivity contribution in [3.05, 3.63) is 53.7 Å². The molecule has 1 fully saturated rings. The first-order valence-corrected chi connectivity index (χ1v) is 11.1. The molecule has 0 spiro atoms. The molecule has 0 aromatic heterocycles. The molecule has 0 amide bonds. The molecule has 3 nitrogen and oxygen atoms in total. The predicted molar refractivity (Wildman–Crippen MR) is 119 cm³/mol. The van der Waals surface area contributed by atoms with Crippen molar-refractivity contribution in [2.75, 3.05) is 20.2 Å². The molecule has 1 saturated heterocycles. The first kappa shape index (κ1) is 20.0. The summed E-state index contributed by atoms with van der Waals surface area (Å²) in [6.45, 7) is 6.81. The third-order valence-electron chi connectivity index (χ3n) is 6.67. The molecule has 2 aromatic rings. The number of methoxy groups -OCH3 is 1. The zero-order chi connectivity index (χ0) is 20.4. The summed E-state index contributed by atoms with van der Waals surface area (Å²) in [4.78, 5) is 15.8. The highest BCUT2D eigenvalue weighted by Gasteiger charge is 2.32. The molecule has 2 aromatic carbocycles. The van der Waals surface area contributed by atoms with Crippen molar-refractivity contribution >= 4 is 16.6 Å². The van der Waals surface area contributed by atoms with Crippen molar-refractivity contribution in [1.82, 2.24) is 4.90 Å². The van der Waals surface area contributed by atoms with Gasteiger partial charge < -0.3 is 9.64 Å². The SMILES string of the molecule is COc1ccc2cc(C(=O)C[C@H]3CN(C4=CCC4)CC[C@H]3CC(C)C)ccc2c1. The molecule has 4 rings (SSSR count). The van der Waals surface area contributed by atoms with Crippen molar-refractivity contribution in [2.24, 2.45) is 17.8 Å². The van der Waals surface area contributed by atoms with Gasteiger partial charge in [-0.15, -0.1) is 0 Å². The number of nitrogens with zero attached hydrogens (tertiary/aromatic N) is 1. The minimum atomic E-state index is 0.283. The zero-order valence-electron chi connectivity index (χ0n) is 18.0. The first-order valence-electron chi connectivity index (χ1n) is 11.1. The van der Waals surface area contributed by atoms with E-state index in [0.717, 1.165) is 35.2 Å². The normalized spacial score (nSPS) is 21.8. The Labute approximate surface area is 174 Å². The Bertz CT molecular complexity index is 914. The van der Waals surface area contributed by atoms with Gasteiger partial charge in [0.25, 0.3) is 0 Å². The molecule has 2 aliphatic rings. The van der Waals surface area contributed by atoms with Gasteiger partial charge in [0.2, 0.25) is 0 Å². The Balaban J connectivity index is 1.51. The topological polar surface area (TPSA) is 29.5 Å². The fourth-order valence-electron chi connectivity index (χ4n) is 4.93. The largest absolute Gasteiger partial charge is 0.497 e. The van der Waals surface area contributed by atoms with E-state index in [4.69, 9.17) is 4.74 Å². The maximum atomic E-state index is 13.2. The van der Waals surface area contributed by atoms with Crippen molar-refractivity contribution in [3.63, 3.8) is 0 Å². The van der Waals surface area contributed by atoms with Crippen LogP contribution in [-0.2, 0) is 0 Å². The third kappa shape index (κ3) is 4.49. The van der Waals surface area contributed by atoms with Gasteiger partial charge in [-0.1, -0.05) is 38.1 Å². The smallest absolute Gasteiger partial charge is 0.163 e. The summed E-state index contributed by atoms with van der Waals surface area (Å²) in [5, 5.41) is 2.21. The van der Waals surface area contributed by atoms with Crippen LogP contribution >= 0.6 is 0 Å². The molecule has 29 heavy (non-hydrogen) atoms. The second kappa shape index (κ2) is 8.61. The number of allylic oxidation sites excluding steroid dienone is 2. The number of ether oxygens (including phenoxy) is 1. The second-order valence-corrected chi connectivity index (χ2v) is 9.17. The van der Waals surface area contributed by atoms with E-state index in [1.807, 2.05) is 36.4 Å². The number of ketones is 1. The molecule has 1 aliphatic carbocycles. The number of hydrogen-bond donors (Lipinski definition) is 0. The average Bonchev–Trinajstić information content (AvgIpc) is 2.67. The lowest BCUT2D eigenvalue weighted by atomic mass is 9.76. The van der Waals surface area contributed by atoms with Gasteiger partial charge in [-0.3, -0.25) is 4.79 Å². The Kier molecular flexibility index (Phi) is 5.94. The highest BCUT2D eigenvalue weighted by molar-refractivity contribution is 6.00. The number of benzene rings is 2. The molecule has 1 heterocycles. The van der Waals surface area contributed by atoms with Crippen LogP contribution in [0.2, 0.25) is 0 Å². The maximum Gasteiger partial charge on any atom is 0.163 e. The fourth-order valence-corrected chi connectivity index (χ4v) is 4.93. The van der Waals surface area contributed by atoms with E-state index in [1.165, 1.54) is 31.4 Å². The van der Waals surface area contributed by atoms with Crippen molar-refractivity contribution in [3.8, 4) is 5.75 Å². The summed E-state index contributed by atoms with van der Waals surface area (Å²) in [6.07, 6.45) is 7.88. The number of fused-ring (bicyclic) bond motifs is 1. The van der Waals surface area contributed by atoms with Gasteiger partial charge in [0, 0.05) is 30.8 Å². The summed E-state index contributed by atoms with van der Waals surface area (Å²) in [6, 6.07) is 12.1. The number of piperidine rings is 1. The van der Waals surface area contributed by atoms with Crippen LogP contribution in [0, 0.1) is 17.8 Å². The molecule has 0 unspecified atom stereocenters. The van der Waals surface area contributed by atoms with Crippen LogP contribution in [0.4, 0.5) is 0 Å². The predicted octanol–water partition coefficient (Wildman–Crippen LogP) is 6.08. The number of Topliss-reactive ketones (excluding diaryl/α,β-unsaturated/α-hetero) is 1. The van der Waals surface area contributed by atoms with E-state index in [9.17, 15) is 4.79 Å². The molecule has 3 heteroatoms. The first-order chi connectivity index (χ1) is 14.0. The van der Waals surface area contributed by atoms with Crippen LogP contribution in [0.3, 0.4) is 0 Å².